The van der Waals surface area contributed by atoms with E-state index in [2.05, 4.69) is 28.2 Å². The van der Waals surface area contributed by atoms with E-state index in [1.54, 1.807) is 6.07 Å². The van der Waals surface area contributed by atoms with Crippen molar-refractivity contribution in [2.45, 2.75) is 31.1 Å². The van der Waals surface area contributed by atoms with Crippen LogP contribution >= 0.6 is 27.7 Å². The minimum atomic E-state index is -0.134. The molecule has 0 spiro atoms. The van der Waals surface area contributed by atoms with Gasteiger partial charge >= 0.3 is 0 Å². The van der Waals surface area contributed by atoms with Gasteiger partial charge in [-0.25, -0.2) is 4.39 Å². The topological polar surface area (TPSA) is 12.0 Å². The van der Waals surface area contributed by atoms with Crippen LogP contribution in [0.4, 0.5) is 4.39 Å². The SMILES string of the molecule is CC1(CNCc2cc(Br)ccc2F)CCCS1. The van der Waals surface area contributed by atoms with Gasteiger partial charge in [-0.1, -0.05) is 15.9 Å². The zero-order valence-corrected chi connectivity index (χ0v) is 12.3. The first-order valence-corrected chi connectivity index (χ1v) is 7.66. The molecule has 1 heterocycles. The van der Waals surface area contributed by atoms with E-state index in [9.17, 15) is 4.39 Å². The van der Waals surface area contributed by atoms with Crippen molar-refractivity contribution in [3.63, 3.8) is 0 Å². The summed E-state index contributed by atoms with van der Waals surface area (Å²) in [4.78, 5) is 0. The molecular formula is C13H17BrFNS. The Morgan fingerprint density at radius 3 is 3.06 bits per heavy atom. The van der Waals surface area contributed by atoms with E-state index in [-0.39, 0.29) is 5.82 Å². The normalized spacial score (nSPS) is 24.2. The Morgan fingerprint density at radius 1 is 1.53 bits per heavy atom. The first-order chi connectivity index (χ1) is 8.09. The fraction of sp³-hybridized carbons (Fsp3) is 0.538. The molecule has 0 bridgehead atoms. The summed E-state index contributed by atoms with van der Waals surface area (Å²) >= 11 is 5.39. The molecule has 94 valence electrons. The van der Waals surface area contributed by atoms with Gasteiger partial charge in [-0.2, -0.15) is 11.8 Å². The maximum atomic E-state index is 13.5. The van der Waals surface area contributed by atoms with Gasteiger partial charge in [0.15, 0.2) is 0 Å². The Bertz CT molecular complexity index is 391. The maximum Gasteiger partial charge on any atom is 0.127 e. The van der Waals surface area contributed by atoms with Gasteiger partial charge in [-0.05, 0) is 43.7 Å². The maximum absolute atomic E-state index is 13.5. The number of halogens is 2. The van der Waals surface area contributed by atoms with E-state index in [1.165, 1.54) is 24.7 Å². The molecule has 17 heavy (non-hydrogen) atoms. The molecule has 1 aliphatic rings. The second-order valence-corrected chi connectivity index (χ2v) is 7.34. The van der Waals surface area contributed by atoms with Crippen molar-refractivity contribution < 1.29 is 4.39 Å². The van der Waals surface area contributed by atoms with E-state index >= 15 is 0 Å². The summed E-state index contributed by atoms with van der Waals surface area (Å²) in [5.41, 5.74) is 0.728. The highest BCUT2D eigenvalue weighted by atomic mass is 79.9. The molecule has 1 saturated heterocycles. The highest BCUT2D eigenvalue weighted by molar-refractivity contribution is 9.10. The van der Waals surface area contributed by atoms with Crippen molar-refractivity contribution in [3.05, 3.63) is 34.1 Å². The molecular weight excluding hydrogens is 301 g/mol. The van der Waals surface area contributed by atoms with Crippen LogP contribution in [-0.4, -0.2) is 17.0 Å². The Morgan fingerprint density at radius 2 is 2.35 bits per heavy atom. The number of thioether (sulfide) groups is 1. The van der Waals surface area contributed by atoms with Gasteiger partial charge in [0.1, 0.15) is 5.82 Å². The zero-order valence-electron chi connectivity index (χ0n) is 9.93. The van der Waals surface area contributed by atoms with Crippen molar-refractivity contribution in [2.24, 2.45) is 0 Å². The van der Waals surface area contributed by atoms with Gasteiger partial charge in [-0.3, -0.25) is 0 Å². The van der Waals surface area contributed by atoms with Crippen molar-refractivity contribution in [3.8, 4) is 0 Å². The van der Waals surface area contributed by atoms with Crippen LogP contribution in [0.25, 0.3) is 0 Å². The first kappa shape index (κ1) is 13.4. The predicted octanol–water partition coefficient (Wildman–Crippen LogP) is 3.96. The number of rotatable bonds is 4. The van der Waals surface area contributed by atoms with Gasteiger partial charge in [0, 0.05) is 27.9 Å². The standard InChI is InChI=1S/C13H17BrFNS/c1-13(5-2-6-17-13)9-16-8-10-7-11(14)3-4-12(10)15/h3-4,7,16H,2,5-6,8-9H2,1H3. The Labute approximate surface area is 115 Å². The van der Waals surface area contributed by atoms with E-state index in [0.29, 0.717) is 11.3 Å². The van der Waals surface area contributed by atoms with Gasteiger partial charge in [0.2, 0.25) is 0 Å². The van der Waals surface area contributed by atoms with Crippen LogP contribution in [0.3, 0.4) is 0 Å². The molecule has 0 aromatic heterocycles. The molecule has 1 nitrogen and oxygen atoms in total. The average molecular weight is 318 g/mol. The lowest BCUT2D eigenvalue weighted by Crippen LogP contribution is -2.32. The molecule has 2 rings (SSSR count). The van der Waals surface area contributed by atoms with Gasteiger partial charge in [0.25, 0.3) is 0 Å². The van der Waals surface area contributed by atoms with E-state index < -0.39 is 0 Å². The summed E-state index contributed by atoms with van der Waals surface area (Å²) in [7, 11) is 0. The summed E-state index contributed by atoms with van der Waals surface area (Å²) in [6, 6.07) is 5.08. The van der Waals surface area contributed by atoms with Crippen molar-refractivity contribution in [2.75, 3.05) is 12.3 Å². The van der Waals surface area contributed by atoms with Crippen LogP contribution in [-0.2, 0) is 6.54 Å². The highest BCUT2D eigenvalue weighted by Crippen LogP contribution is 2.37. The fourth-order valence-electron chi connectivity index (χ4n) is 2.12. The van der Waals surface area contributed by atoms with Gasteiger partial charge in [-0.15, -0.1) is 0 Å². The summed E-state index contributed by atoms with van der Waals surface area (Å²) in [5.74, 6) is 1.12. The molecule has 0 aliphatic carbocycles. The van der Waals surface area contributed by atoms with Crippen LogP contribution in [0, 0.1) is 5.82 Å². The summed E-state index contributed by atoms with van der Waals surface area (Å²) in [6.07, 6.45) is 2.56. The smallest absolute Gasteiger partial charge is 0.127 e. The second kappa shape index (κ2) is 5.72. The molecule has 4 heteroatoms. The first-order valence-electron chi connectivity index (χ1n) is 5.88. The Kier molecular flexibility index (Phi) is 4.50. The van der Waals surface area contributed by atoms with Crippen molar-refractivity contribution in [1.29, 1.82) is 0 Å². The molecule has 0 saturated carbocycles. The van der Waals surface area contributed by atoms with E-state index in [1.807, 2.05) is 17.8 Å². The summed E-state index contributed by atoms with van der Waals surface area (Å²) < 4.78 is 14.8. The van der Waals surface area contributed by atoms with Crippen LogP contribution in [0.2, 0.25) is 0 Å². The van der Waals surface area contributed by atoms with Crippen molar-refractivity contribution >= 4 is 27.7 Å². The van der Waals surface area contributed by atoms with Crippen LogP contribution in [0.1, 0.15) is 25.3 Å². The molecule has 1 aliphatic heterocycles. The lowest BCUT2D eigenvalue weighted by molar-refractivity contribution is 0.524. The van der Waals surface area contributed by atoms with Crippen LogP contribution in [0.15, 0.2) is 22.7 Å². The minimum Gasteiger partial charge on any atom is -0.311 e. The molecule has 1 unspecified atom stereocenters. The zero-order chi connectivity index (χ0) is 12.3. The Hall–Kier alpha value is -0.0600. The van der Waals surface area contributed by atoms with Crippen LogP contribution < -0.4 is 5.32 Å². The average Bonchev–Trinajstić information content (AvgIpc) is 2.71. The van der Waals surface area contributed by atoms with E-state index in [4.69, 9.17) is 0 Å². The largest absolute Gasteiger partial charge is 0.311 e. The highest BCUT2D eigenvalue weighted by Gasteiger charge is 2.28. The van der Waals surface area contributed by atoms with Crippen LogP contribution in [0.5, 0.6) is 0 Å². The number of hydrogen-bond acceptors (Lipinski definition) is 2. The molecule has 0 radical (unpaired) electrons. The second-order valence-electron chi connectivity index (χ2n) is 4.74. The summed E-state index contributed by atoms with van der Waals surface area (Å²) in [6.45, 7) is 3.83. The molecule has 0 amide bonds. The van der Waals surface area contributed by atoms with Crippen molar-refractivity contribution in [1.82, 2.24) is 5.32 Å². The molecule has 1 fully saturated rings. The third kappa shape index (κ3) is 3.70. The number of hydrogen-bond donors (Lipinski definition) is 1. The third-order valence-corrected chi connectivity index (χ3v) is 5.15. The van der Waals surface area contributed by atoms with Gasteiger partial charge in [0.05, 0.1) is 0 Å². The number of nitrogens with one attached hydrogen (secondary N) is 1. The lowest BCUT2D eigenvalue weighted by Gasteiger charge is -2.23. The quantitative estimate of drug-likeness (QED) is 0.902. The fourth-order valence-corrected chi connectivity index (χ4v) is 3.80. The molecule has 1 aromatic carbocycles. The van der Waals surface area contributed by atoms with Gasteiger partial charge < -0.3 is 5.32 Å². The predicted molar refractivity (Wildman–Crippen MR) is 75.9 cm³/mol. The molecule has 1 N–H and O–H groups in total. The minimum absolute atomic E-state index is 0.134. The molecule has 1 atom stereocenters. The third-order valence-electron chi connectivity index (χ3n) is 3.12. The lowest BCUT2D eigenvalue weighted by atomic mass is 10.1. The monoisotopic (exact) mass is 317 g/mol. The van der Waals surface area contributed by atoms with E-state index in [0.717, 1.165) is 16.6 Å². The Balaban J connectivity index is 1.87. The molecule has 1 aromatic rings. The number of benzene rings is 1. The summed E-state index contributed by atoms with van der Waals surface area (Å²) in [5, 5.41) is 3.37.